The standard InChI is InChI=1S/C74H47NO/c1-8-23-61-52(16-1)53-17-2-9-24-62(53)73(61)66-28-13-6-22-60(66)72-67(73)29-15-30-69(72)75(51-40-34-47(35-41-51)49-37-43-59-58-21-7-14-31-70(58)76-71(59)45-49)50-38-32-46(33-39-50)48-36-42-57-56-20-5-12-27-65(56)74(68(57)44-48)63-25-10-3-18-54(63)55-19-4-11-26-64(55)74/h1-45,58,70H. The molecule has 0 amide bonds. The number of anilines is 3. The molecule has 17 rings (SSSR count). The summed E-state index contributed by atoms with van der Waals surface area (Å²) in [5, 5.41) is 0. The van der Waals surface area contributed by atoms with Gasteiger partial charge in [0.2, 0.25) is 0 Å². The Morgan fingerprint density at radius 3 is 1.26 bits per heavy atom. The number of hydrogen-bond donors (Lipinski definition) is 0. The first-order valence-corrected chi connectivity index (χ1v) is 26.7. The van der Waals surface area contributed by atoms with E-state index in [-0.39, 0.29) is 12.0 Å². The van der Waals surface area contributed by atoms with Gasteiger partial charge < -0.3 is 9.64 Å². The molecular weight excluding hydrogens is 919 g/mol. The molecule has 0 fully saturated rings. The van der Waals surface area contributed by atoms with E-state index < -0.39 is 10.8 Å². The molecule has 0 saturated carbocycles. The molecule has 354 valence electrons. The molecule has 0 bridgehead atoms. The van der Waals surface area contributed by atoms with Gasteiger partial charge in [-0.15, -0.1) is 0 Å². The summed E-state index contributed by atoms with van der Waals surface area (Å²) in [5.74, 6) is 1.23. The highest BCUT2D eigenvalue weighted by atomic mass is 16.5. The van der Waals surface area contributed by atoms with Crippen molar-refractivity contribution >= 4 is 17.1 Å². The lowest BCUT2D eigenvalue weighted by molar-refractivity contribution is 0.269. The maximum atomic E-state index is 6.49. The van der Waals surface area contributed by atoms with Gasteiger partial charge in [0.05, 0.1) is 16.5 Å². The van der Waals surface area contributed by atoms with Crippen LogP contribution < -0.4 is 9.64 Å². The van der Waals surface area contributed by atoms with E-state index in [1.165, 1.54) is 106 Å². The molecule has 2 atom stereocenters. The molecular formula is C74H47NO. The van der Waals surface area contributed by atoms with Crippen molar-refractivity contribution in [1.29, 1.82) is 0 Å². The summed E-state index contributed by atoms with van der Waals surface area (Å²) in [7, 11) is 0. The quantitative estimate of drug-likeness (QED) is 0.170. The van der Waals surface area contributed by atoms with Crippen molar-refractivity contribution in [3.63, 3.8) is 0 Å². The summed E-state index contributed by atoms with van der Waals surface area (Å²) in [6.07, 6.45) is 8.70. The second-order valence-corrected chi connectivity index (χ2v) is 21.3. The van der Waals surface area contributed by atoms with Crippen molar-refractivity contribution in [3.05, 3.63) is 323 Å². The van der Waals surface area contributed by atoms with Gasteiger partial charge in [-0.2, -0.15) is 0 Å². The zero-order valence-electron chi connectivity index (χ0n) is 41.5. The second-order valence-electron chi connectivity index (χ2n) is 21.3. The average molecular weight is 966 g/mol. The maximum Gasteiger partial charge on any atom is 0.128 e. The highest BCUT2D eigenvalue weighted by molar-refractivity contribution is 6.02. The second kappa shape index (κ2) is 15.5. The molecule has 11 aromatic rings. The van der Waals surface area contributed by atoms with Crippen LogP contribution in [0.3, 0.4) is 0 Å². The van der Waals surface area contributed by atoms with Crippen molar-refractivity contribution in [2.75, 3.05) is 4.90 Å². The Balaban J connectivity index is 0.829. The topological polar surface area (TPSA) is 12.5 Å². The van der Waals surface area contributed by atoms with Crippen LogP contribution in [-0.4, -0.2) is 6.10 Å². The number of rotatable bonds is 5. The highest BCUT2D eigenvalue weighted by Crippen LogP contribution is 2.66. The lowest BCUT2D eigenvalue weighted by Gasteiger charge is -2.32. The van der Waals surface area contributed by atoms with Crippen LogP contribution in [0.4, 0.5) is 17.1 Å². The Bertz CT molecular complexity index is 4230. The van der Waals surface area contributed by atoms with E-state index in [1.54, 1.807) is 0 Å². The molecule has 2 unspecified atom stereocenters. The van der Waals surface area contributed by atoms with E-state index in [0.29, 0.717) is 0 Å². The lowest BCUT2D eigenvalue weighted by Crippen LogP contribution is -2.26. The molecule has 1 heterocycles. The number of ether oxygens (including phenoxy) is 1. The van der Waals surface area contributed by atoms with Gasteiger partial charge in [0, 0.05) is 28.4 Å². The molecule has 0 saturated heterocycles. The number of benzene rings is 11. The summed E-state index contributed by atoms with van der Waals surface area (Å²) in [6.45, 7) is 0. The zero-order chi connectivity index (χ0) is 49.7. The first-order chi connectivity index (χ1) is 37.7. The van der Waals surface area contributed by atoms with Crippen LogP contribution in [0, 0.1) is 0 Å². The SMILES string of the molecule is C1=CC2Oc3cc(-c4ccc(N(c5ccc(-c6ccc7c(c6)C6(c8ccccc8-c8ccccc86)c6ccccc6-7)cc5)c5cccc6c5-c5ccccc5C65c6ccccc6-c6ccccc65)cc4)ccc3C2C=C1. The molecule has 2 heteroatoms. The monoisotopic (exact) mass is 965 g/mol. The molecule has 1 aliphatic heterocycles. The zero-order valence-corrected chi connectivity index (χ0v) is 41.5. The van der Waals surface area contributed by atoms with Gasteiger partial charge in [0.1, 0.15) is 11.9 Å². The first-order valence-electron chi connectivity index (χ1n) is 26.7. The van der Waals surface area contributed by atoms with Gasteiger partial charge in [-0.1, -0.05) is 224 Å². The summed E-state index contributed by atoms with van der Waals surface area (Å²) in [6, 6.07) is 93.9. The third-order valence-electron chi connectivity index (χ3n) is 17.9. The van der Waals surface area contributed by atoms with Gasteiger partial charge in [0.15, 0.2) is 0 Å². The molecule has 11 aromatic carbocycles. The van der Waals surface area contributed by atoms with Crippen LogP contribution in [0.15, 0.2) is 273 Å². The Kier molecular flexibility index (Phi) is 8.56. The molecule has 0 N–H and O–H groups in total. The average Bonchev–Trinajstić information content (AvgIpc) is 4.46. The Labute approximate surface area is 442 Å². The minimum absolute atomic E-state index is 0.0550. The predicted molar refractivity (Wildman–Crippen MR) is 310 cm³/mol. The molecule has 0 aromatic heterocycles. The maximum absolute atomic E-state index is 6.49. The molecule has 2 spiro atoms. The Hall–Kier alpha value is -9.50. The number of fused-ring (bicyclic) bond motifs is 23. The largest absolute Gasteiger partial charge is 0.485 e. The predicted octanol–water partition coefficient (Wildman–Crippen LogP) is 18.1. The van der Waals surface area contributed by atoms with Crippen LogP contribution in [0.2, 0.25) is 0 Å². The third kappa shape index (κ3) is 5.40. The van der Waals surface area contributed by atoms with Crippen molar-refractivity contribution in [3.8, 4) is 72.5 Å². The van der Waals surface area contributed by atoms with Crippen LogP contribution in [-0.2, 0) is 10.8 Å². The fourth-order valence-corrected chi connectivity index (χ4v) is 14.8. The third-order valence-corrected chi connectivity index (χ3v) is 17.9. The first kappa shape index (κ1) is 41.9. The summed E-state index contributed by atoms with van der Waals surface area (Å²) in [5.41, 5.74) is 29.5. The van der Waals surface area contributed by atoms with Crippen LogP contribution in [0.25, 0.3) is 66.8 Å². The number of nitrogens with zero attached hydrogens (tertiary/aromatic N) is 1. The Morgan fingerprint density at radius 1 is 0.316 bits per heavy atom. The van der Waals surface area contributed by atoms with Crippen LogP contribution in [0.5, 0.6) is 5.75 Å². The van der Waals surface area contributed by atoms with E-state index in [0.717, 1.165) is 33.9 Å². The van der Waals surface area contributed by atoms with Crippen molar-refractivity contribution in [2.45, 2.75) is 22.9 Å². The van der Waals surface area contributed by atoms with Gasteiger partial charge in [0.25, 0.3) is 0 Å². The fourth-order valence-electron chi connectivity index (χ4n) is 14.8. The van der Waals surface area contributed by atoms with Crippen molar-refractivity contribution < 1.29 is 4.74 Å². The minimum atomic E-state index is -0.460. The highest BCUT2D eigenvalue weighted by Gasteiger charge is 2.53. The normalized spacial score (nSPS) is 16.9. The fraction of sp³-hybridized carbons (Fsp3) is 0.0541. The van der Waals surface area contributed by atoms with Gasteiger partial charge >= 0.3 is 0 Å². The molecule has 2 nitrogen and oxygen atoms in total. The molecule has 5 aliphatic carbocycles. The van der Waals surface area contributed by atoms with Crippen LogP contribution in [0.1, 0.15) is 56.0 Å². The summed E-state index contributed by atoms with van der Waals surface area (Å²) >= 11 is 0. The molecule has 6 aliphatic rings. The molecule has 0 radical (unpaired) electrons. The van der Waals surface area contributed by atoms with Crippen molar-refractivity contribution in [2.24, 2.45) is 0 Å². The summed E-state index contributed by atoms with van der Waals surface area (Å²) in [4.78, 5) is 2.49. The smallest absolute Gasteiger partial charge is 0.128 e. The summed E-state index contributed by atoms with van der Waals surface area (Å²) < 4.78 is 6.49. The Morgan fingerprint density at radius 2 is 0.724 bits per heavy atom. The van der Waals surface area contributed by atoms with Crippen LogP contribution >= 0.6 is 0 Å². The van der Waals surface area contributed by atoms with E-state index in [2.05, 4.69) is 278 Å². The minimum Gasteiger partial charge on any atom is -0.485 e. The van der Waals surface area contributed by atoms with Crippen molar-refractivity contribution in [1.82, 2.24) is 0 Å². The van der Waals surface area contributed by atoms with E-state index in [9.17, 15) is 0 Å². The molecule has 76 heavy (non-hydrogen) atoms. The van der Waals surface area contributed by atoms with Gasteiger partial charge in [-0.05, 0) is 154 Å². The van der Waals surface area contributed by atoms with Gasteiger partial charge in [-0.3, -0.25) is 0 Å². The van der Waals surface area contributed by atoms with E-state index in [1.807, 2.05) is 0 Å². The van der Waals surface area contributed by atoms with E-state index in [4.69, 9.17) is 4.74 Å². The van der Waals surface area contributed by atoms with Gasteiger partial charge in [-0.25, -0.2) is 0 Å². The number of allylic oxidation sites excluding steroid dienone is 2. The number of hydrogen-bond acceptors (Lipinski definition) is 2. The van der Waals surface area contributed by atoms with E-state index >= 15 is 0 Å². The lowest BCUT2D eigenvalue weighted by atomic mass is 9.70.